The zero-order chi connectivity index (χ0) is 15.9. The summed E-state index contributed by atoms with van der Waals surface area (Å²) in [4.78, 5) is 12.4. The van der Waals surface area contributed by atoms with Crippen molar-refractivity contribution in [2.45, 2.75) is 57.7 Å². The maximum Gasteiger partial charge on any atom is 0.319 e. The van der Waals surface area contributed by atoms with Gasteiger partial charge in [-0.3, -0.25) is 0 Å². The largest absolute Gasteiger partial charge is 0.360 e. The molecule has 0 atom stereocenters. The third-order valence-corrected chi connectivity index (χ3v) is 5.74. The fourth-order valence-electron chi connectivity index (χ4n) is 5.35. The molecule has 4 aliphatic rings. The normalized spacial score (nSPS) is 34.6. The number of amides is 2. The van der Waals surface area contributed by atoms with E-state index in [1.54, 1.807) is 17.1 Å². The van der Waals surface area contributed by atoms with Crippen LogP contribution in [0.3, 0.4) is 0 Å². The van der Waals surface area contributed by atoms with Crippen molar-refractivity contribution < 1.29 is 9.53 Å². The van der Waals surface area contributed by atoms with E-state index in [1.165, 1.54) is 19.3 Å². The third-order valence-electron chi connectivity index (χ3n) is 5.74. The van der Waals surface area contributed by atoms with Crippen molar-refractivity contribution in [2.24, 2.45) is 17.8 Å². The molecule has 1 aromatic heterocycles. The Morgan fingerprint density at radius 3 is 2.57 bits per heavy atom. The molecule has 0 radical (unpaired) electrons. The van der Waals surface area contributed by atoms with Gasteiger partial charge in [0.1, 0.15) is 6.73 Å². The average Bonchev–Trinajstić information content (AvgIpc) is 2.90. The van der Waals surface area contributed by atoms with Crippen LogP contribution in [0, 0.1) is 17.8 Å². The predicted molar refractivity (Wildman–Crippen MR) is 86.9 cm³/mol. The van der Waals surface area contributed by atoms with E-state index in [4.69, 9.17) is 4.74 Å². The number of hydrogen-bond acceptors (Lipinski definition) is 3. The van der Waals surface area contributed by atoms with Gasteiger partial charge < -0.3 is 15.4 Å². The Balaban J connectivity index is 1.36. The molecule has 6 nitrogen and oxygen atoms in total. The number of nitrogens with zero attached hydrogens (tertiary/aromatic N) is 2. The van der Waals surface area contributed by atoms with Crippen LogP contribution in [-0.4, -0.2) is 28.0 Å². The molecule has 1 aromatic rings. The Morgan fingerprint density at radius 2 is 1.96 bits per heavy atom. The van der Waals surface area contributed by atoms with E-state index < -0.39 is 0 Å². The number of anilines is 1. The zero-order valence-electron chi connectivity index (χ0n) is 13.8. The average molecular weight is 318 g/mol. The van der Waals surface area contributed by atoms with Gasteiger partial charge in [-0.15, -0.1) is 0 Å². The number of nitrogens with one attached hydrogen (secondary N) is 2. The van der Waals surface area contributed by atoms with Crippen LogP contribution >= 0.6 is 0 Å². The highest BCUT2D eigenvalue weighted by Gasteiger charge is 2.51. The molecule has 126 valence electrons. The summed E-state index contributed by atoms with van der Waals surface area (Å²) in [6, 6.07) is -0.0945. The van der Waals surface area contributed by atoms with Crippen LogP contribution in [0.15, 0.2) is 12.4 Å². The monoisotopic (exact) mass is 318 g/mol. The van der Waals surface area contributed by atoms with Crippen molar-refractivity contribution in [3.63, 3.8) is 0 Å². The summed E-state index contributed by atoms with van der Waals surface area (Å²) in [7, 11) is 0. The van der Waals surface area contributed by atoms with Gasteiger partial charge in [-0.2, -0.15) is 5.10 Å². The molecule has 0 saturated heterocycles. The van der Waals surface area contributed by atoms with Crippen LogP contribution in [0.5, 0.6) is 0 Å². The molecule has 0 aromatic carbocycles. The molecular weight excluding hydrogens is 292 g/mol. The van der Waals surface area contributed by atoms with Crippen LogP contribution in [0.25, 0.3) is 0 Å². The molecule has 0 aliphatic heterocycles. The highest BCUT2D eigenvalue weighted by Crippen LogP contribution is 2.55. The van der Waals surface area contributed by atoms with Crippen LogP contribution in [0.4, 0.5) is 10.5 Å². The number of aromatic nitrogens is 2. The molecule has 4 fully saturated rings. The number of urea groups is 1. The van der Waals surface area contributed by atoms with Crippen molar-refractivity contribution in [1.29, 1.82) is 0 Å². The molecule has 1 heterocycles. The number of hydrogen-bond donors (Lipinski definition) is 2. The lowest BCUT2D eigenvalue weighted by atomic mass is 9.53. The summed E-state index contributed by atoms with van der Waals surface area (Å²) in [6.45, 7) is 3.01. The summed E-state index contributed by atoms with van der Waals surface area (Å²) in [5.41, 5.74) is 0.757. The van der Waals surface area contributed by atoms with Gasteiger partial charge in [0.2, 0.25) is 0 Å². The van der Waals surface area contributed by atoms with Crippen LogP contribution in [0.2, 0.25) is 0 Å². The predicted octanol–water partition coefficient (Wildman–Crippen LogP) is 2.97. The molecule has 23 heavy (non-hydrogen) atoms. The molecule has 4 bridgehead atoms. The van der Waals surface area contributed by atoms with Gasteiger partial charge in [-0.25, -0.2) is 9.48 Å². The molecule has 2 N–H and O–H groups in total. The van der Waals surface area contributed by atoms with E-state index in [1.807, 2.05) is 6.92 Å². The minimum Gasteiger partial charge on any atom is -0.360 e. The Bertz CT molecular complexity index is 548. The molecule has 2 amide bonds. The van der Waals surface area contributed by atoms with E-state index in [-0.39, 0.29) is 11.6 Å². The number of carbonyl (C=O) groups excluding carboxylic acids is 1. The van der Waals surface area contributed by atoms with Crippen LogP contribution < -0.4 is 10.6 Å². The van der Waals surface area contributed by atoms with Crippen molar-refractivity contribution in [3.05, 3.63) is 12.4 Å². The number of rotatable bonds is 5. The lowest BCUT2D eigenvalue weighted by Crippen LogP contribution is -2.60. The Kier molecular flexibility index (Phi) is 3.79. The fraction of sp³-hybridized carbons (Fsp3) is 0.765. The minimum atomic E-state index is -0.0945. The SMILES string of the molecule is CCOCn1cc(NC(=O)NC23CC4CC(CC(C4)C2)C3)cn1. The van der Waals surface area contributed by atoms with Gasteiger partial charge in [0, 0.05) is 12.1 Å². The first-order valence-corrected chi connectivity index (χ1v) is 8.83. The second kappa shape index (κ2) is 5.82. The first-order chi connectivity index (χ1) is 11.1. The molecule has 0 spiro atoms. The van der Waals surface area contributed by atoms with E-state index in [9.17, 15) is 4.79 Å². The van der Waals surface area contributed by atoms with Crippen molar-refractivity contribution in [2.75, 3.05) is 11.9 Å². The third kappa shape index (κ3) is 3.09. The molecule has 5 rings (SSSR count). The highest BCUT2D eigenvalue weighted by atomic mass is 16.5. The summed E-state index contributed by atoms with van der Waals surface area (Å²) in [5, 5.41) is 10.4. The fourth-order valence-corrected chi connectivity index (χ4v) is 5.35. The Labute approximate surface area is 137 Å². The van der Waals surface area contributed by atoms with Gasteiger partial charge in [-0.05, 0) is 63.2 Å². The lowest BCUT2D eigenvalue weighted by molar-refractivity contribution is -0.0127. The van der Waals surface area contributed by atoms with Gasteiger partial charge in [-0.1, -0.05) is 0 Å². The van der Waals surface area contributed by atoms with Crippen molar-refractivity contribution in [3.8, 4) is 0 Å². The summed E-state index contributed by atoms with van der Waals surface area (Å²) >= 11 is 0. The van der Waals surface area contributed by atoms with E-state index >= 15 is 0 Å². The van der Waals surface area contributed by atoms with Gasteiger partial charge in [0.25, 0.3) is 0 Å². The molecule has 0 unspecified atom stereocenters. The zero-order valence-corrected chi connectivity index (χ0v) is 13.8. The van der Waals surface area contributed by atoms with E-state index in [0.29, 0.717) is 19.0 Å². The molecule has 4 saturated carbocycles. The van der Waals surface area contributed by atoms with Crippen molar-refractivity contribution >= 4 is 11.7 Å². The van der Waals surface area contributed by atoms with E-state index in [2.05, 4.69) is 15.7 Å². The van der Waals surface area contributed by atoms with Crippen LogP contribution in [-0.2, 0) is 11.5 Å². The first-order valence-electron chi connectivity index (χ1n) is 8.83. The highest BCUT2D eigenvalue weighted by molar-refractivity contribution is 5.89. The topological polar surface area (TPSA) is 68.2 Å². The standard InChI is InChI=1S/C17H26N4O2/c1-2-23-11-21-10-15(9-18-21)19-16(22)20-17-6-12-3-13(7-17)5-14(4-12)8-17/h9-10,12-14H,2-8,11H2,1H3,(H2,19,20,22). The number of ether oxygens (including phenoxy) is 1. The number of carbonyl (C=O) groups is 1. The molecule has 6 heteroatoms. The molecular formula is C17H26N4O2. The van der Waals surface area contributed by atoms with Crippen LogP contribution in [0.1, 0.15) is 45.4 Å². The lowest BCUT2D eigenvalue weighted by Gasteiger charge is -2.56. The van der Waals surface area contributed by atoms with E-state index in [0.717, 1.165) is 37.0 Å². The first kappa shape index (κ1) is 15.0. The molecule has 4 aliphatic carbocycles. The Hall–Kier alpha value is -1.56. The second-order valence-electron chi connectivity index (χ2n) is 7.67. The summed E-state index contributed by atoms with van der Waals surface area (Å²) in [6.07, 6.45) is 11.1. The smallest absolute Gasteiger partial charge is 0.319 e. The summed E-state index contributed by atoms with van der Waals surface area (Å²) in [5.74, 6) is 2.49. The Morgan fingerprint density at radius 1 is 1.30 bits per heavy atom. The van der Waals surface area contributed by atoms with Gasteiger partial charge in [0.15, 0.2) is 0 Å². The maximum absolute atomic E-state index is 12.4. The van der Waals surface area contributed by atoms with Gasteiger partial charge >= 0.3 is 6.03 Å². The maximum atomic E-state index is 12.4. The summed E-state index contributed by atoms with van der Waals surface area (Å²) < 4.78 is 6.99. The van der Waals surface area contributed by atoms with Crippen molar-refractivity contribution in [1.82, 2.24) is 15.1 Å². The second-order valence-corrected chi connectivity index (χ2v) is 7.67. The van der Waals surface area contributed by atoms with Gasteiger partial charge in [0.05, 0.1) is 18.1 Å². The quantitative estimate of drug-likeness (QED) is 0.877. The minimum absolute atomic E-state index is 0.0418.